The summed E-state index contributed by atoms with van der Waals surface area (Å²) in [5.41, 5.74) is 6.90. The van der Waals surface area contributed by atoms with Crippen LogP contribution in [0.4, 0.5) is 35.4 Å². The minimum Gasteiger partial charge on any atom is -0.396 e. The van der Waals surface area contributed by atoms with Crippen molar-refractivity contribution in [3.05, 3.63) is 70.4 Å². The van der Waals surface area contributed by atoms with Crippen molar-refractivity contribution in [1.82, 2.24) is 9.88 Å². The number of halogens is 3. The lowest BCUT2D eigenvalue weighted by molar-refractivity contribution is -0.137. The van der Waals surface area contributed by atoms with Gasteiger partial charge >= 0.3 is 6.18 Å². The number of amides is 2. The Morgan fingerprint density at radius 1 is 1.20 bits per heavy atom. The smallest absolute Gasteiger partial charge is 0.396 e. The molecule has 2 heterocycles. The van der Waals surface area contributed by atoms with Crippen molar-refractivity contribution < 1.29 is 22.8 Å². The van der Waals surface area contributed by atoms with Gasteiger partial charge in [0.05, 0.1) is 27.5 Å². The number of thiazole rings is 1. The molecule has 0 unspecified atom stereocenters. The Morgan fingerprint density at radius 2 is 1.95 bits per heavy atom. The molecule has 1 aliphatic heterocycles. The monoisotopic (exact) mass is 586 g/mol. The summed E-state index contributed by atoms with van der Waals surface area (Å²) in [7, 11) is 1.83. The summed E-state index contributed by atoms with van der Waals surface area (Å²) in [6.45, 7) is 3.92. The van der Waals surface area contributed by atoms with Crippen LogP contribution in [0.15, 0.2) is 53.8 Å². The number of rotatable bonds is 7. The van der Waals surface area contributed by atoms with Crippen LogP contribution < -0.4 is 27.2 Å². The standard InChI is InChI=1S/C27H29F3N8O2S/c1-15-6-7-17(9-22(15)38(32)14-21(31)23-13-33-26(41-23)34-16(2)39)25(40)36-20-11-18(27(28,29)30)10-19(12-20)35-24-5-4-8-37(24)3/h6-7,9-14H,4-5,8,31-32H2,1-3H3,(H,36,40)(H,33,34,39)/b21-14-,35-24?. The van der Waals surface area contributed by atoms with Gasteiger partial charge in [0.2, 0.25) is 5.91 Å². The number of carbonyl (C=O) groups is 2. The number of benzene rings is 2. The summed E-state index contributed by atoms with van der Waals surface area (Å²) in [4.78, 5) is 35.3. The number of nitrogens with one attached hydrogen (secondary N) is 2. The number of aromatic nitrogens is 1. The summed E-state index contributed by atoms with van der Waals surface area (Å²) in [6, 6.07) is 7.95. The largest absolute Gasteiger partial charge is 0.416 e. The van der Waals surface area contributed by atoms with Crippen LogP contribution in [0.2, 0.25) is 0 Å². The zero-order valence-corrected chi connectivity index (χ0v) is 23.4. The van der Waals surface area contributed by atoms with E-state index >= 15 is 0 Å². The Hall–Kier alpha value is -4.43. The van der Waals surface area contributed by atoms with Gasteiger partial charge in [-0.2, -0.15) is 13.2 Å². The molecule has 0 saturated carbocycles. The van der Waals surface area contributed by atoms with Crippen molar-refractivity contribution in [2.45, 2.75) is 32.9 Å². The van der Waals surface area contributed by atoms with Crippen molar-refractivity contribution >= 4 is 56.9 Å². The zero-order chi connectivity index (χ0) is 29.9. The van der Waals surface area contributed by atoms with Crippen LogP contribution in [0.1, 0.15) is 46.1 Å². The van der Waals surface area contributed by atoms with Crippen LogP contribution in [0.25, 0.3) is 5.70 Å². The van der Waals surface area contributed by atoms with Crippen molar-refractivity contribution in [2.75, 3.05) is 29.2 Å². The van der Waals surface area contributed by atoms with Crippen LogP contribution >= 0.6 is 11.3 Å². The van der Waals surface area contributed by atoms with Gasteiger partial charge in [-0.3, -0.25) is 14.6 Å². The molecule has 1 aromatic heterocycles. The molecule has 0 aliphatic carbocycles. The second kappa shape index (κ2) is 12.0. The highest BCUT2D eigenvalue weighted by Gasteiger charge is 2.31. The Labute approximate surface area is 238 Å². The molecule has 1 aliphatic rings. The zero-order valence-electron chi connectivity index (χ0n) is 22.5. The van der Waals surface area contributed by atoms with E-state index in [1.807, 2.05) is 11.9 Å². The fraction of sp³-hybridized carbons (Fsp3) is 0.259. The van der Waals surface area contributed by atoms with E-state index in [0.717, 1.165) is 36.4 Å². The molecule has 14 heteroatoms. The van der Waals surface area contributed by atoms with Crippen LogP contribution in [0, 0.1) is 6.92 Å². The first kappa shape index (κ1) is 29.6. The third-order valence-corrected chi connectivity index (χ3v) is 7.16. The maximum Gasteiger partial charge on any atom is 0.416 e. The van der Waals surface area contributed by atoms with Crippen LogP contribution in [-0.2, 0) is 11.0 Å². The van der Waals surface area contributed by atoms with Gasteiger partial charge in [0.15, 0.2) is 5.13 Å². The molecule has 0 spiro atoms. The Balaban J connectivity index is 1.58. The number of anilines is 3. The normalized spacial score (nSPS) is 14.9. The SMILES string of the molecule is CC(=O)Nc1ncc(/C(N)=C/N(N)c2cc(C(=O)Nc3cc(N=C4CCCN4C)cc(C(F)(F)F)c3)ccc2C)s1. The molecule has 10 nitrogen and oxygen atoms in total. The topological polar surface area (TPSA) is 142 Å². The minimum atomic E-state index is -4.62. The second-order valence-corrected chi connectivity index (χ2v) is 10.5. The van der Waals surface area contributed by atoms with Crippen LogP contribution in [-0.4, -0.2) is 41.1 Å². The molecule has 6 N–H and O–H groups in total. The fourth-order valence-corrected chi connectivity index (χ4v) is 4.91. The van der Waals surface area contributed by atoms with E-state index in [2.05, 4.69) is 20.6 Å². The average Bonchev–Trinajstić information content (AvgIpc) is 3.52. The lowest BCUT2D eigenvalue weighted by Crippen LogP contribution is -2.27. The first-order valence-electron chi connectivity index (χ1n) is 12.5. The van der Waals surface area contributed by atoms with Crippen LogP contribution in [0.3, 0.4) is 0 Å². The minimum absolute atomic E-state index is 0.0409. The maximum atomic E-state index is 13.6. The molecule has 1 saturated heterocycles. The molecule has 3 aromatic rings. The van der Waals surface area contributed by atoms with Crippen molar-refractivity contribution in [1.29, 1.82) is 0 Å². The number of aryl methyl sites for hydroxylation is 1. The summed E-state index contributed by atoms with van der Waals surface area (Å²) in [5, 5.41) is 6.74. The first-order valence-corrected chi connectivity index (χ1v) is 13.3. The molecule has 2 aromatic carbocycles. The van der Waals surface area contributed by atoms with Gasteiger partial charge in [-0.05, 0) is 49.2 Å². The molecule has 0 atom stereocenters. The highest BCUT2D eigenvalue weighted by atomic mass is 32.1. The number of nitrogens with two attached hydrogens (primary N) is 2. The van der Waals surface area contributed by atoms with Crippen LogP contribution in [0.5, 0.6) is 0 Å². The molecule has 0 radical (unpaired) electrons. The van der Waals surface area contributed by atoms with Gasteiger partial charge in [-0.25, -0.2) is 15.8 Å². The Kier molecular flexibility index (Phi) is 8.63. The molecule has 0 bridgehead atoms. The fourth-order valence-electron chi connectivity index (χ4n) is 4.13. The Morgan fingerprint density at radius 3 is 2.61 bits per heavy atom. The summed E-state index contributed by atoms with van der Waals surface area (Å²) >= 11 is 1.16. The summed E-state index contributed by atoms with van der Waals surface area (Å²) in [5.74, 6) is 6.02. The van der Waals surface area contributed by atoms with E-state index in [0.29, 0.717) is 33.5 Å². The van der Waals surface area contributed by atoms with E-state index < -0.39 is 17.6 Å². The van der Waals surface area contributed by atoms with E-state index in [-0.39, 0.29) is 28.5 Å². The molecule has 4 rings (SSSR count). The summed E-state index contributed by atoms with van der Waals surface area (Å²) < 4.78 is 40.9. The van der Waals surface area contributed by atoms with Gasteiger partial charge in [0.25, 0.3) is 5.91 Å². The summed E-state index contributed by atoms with van der Waals surface area (Å²) in [6.07, 6.45) is -0.163. The van der Waals surface area contributed by atoms with Gasteiger partial charge < -0.3 is 21.3 Å². The van der Waals surface area contributed by atoms with Crippen molar-refractivity contribution in [2.24, 2.45) is 16.6 Å². The molecule has 2 amide bonds. The third-order valence-electron chi connectivity index (χ3n) is 6.20. The van der Waals surface area contributed by atoms with Crippen molar-refractivity contribution in [3.8, 4) is 0 Å². The average molecular weight is 587 g/mol. The van der Waals surface area contributed by atoms with E-state index in [1.165, 1.54) is 36.5 Å². The molecule has 1 fully saturated rings. The highest BCUT2D eigenvalue weighted by molar-refractivity contribution is 7.16. The second-order valence-electron chi connectivity index (χ2n) is 9.48. The number of likely N-dealkylation sites (tertiary alicyclic amines) is 1. The number of hydrogen-bond donors (Lipinski definition) is 4. The van der Waals surface area contributed by atoms with Gasteiger partial charge in [0.1, 0.15) is 5.84 Å². The number of carbonyl (C=O) groups excluding carboxylic acids is 2. The Bertz CT molecular complexity index is 1530. The first-order chi connectivity index (χ1) is 19.3. The van der Waals surface area contributed by atoms with E-state index in [9.17, 15) is 22.8 Å². The predicted molar refractivity (Wildman–Crippen MR) is 155 cm³/mol. The van der Waals surface area contributed by atoms with Crippen molar-refractivity contribution in [3.63, 3.8) is 0 Å². The molecule has 216 valence electrons. The number of aliphatic imine (C=N–C) groups is 1. The van der Waals surface area contributed by atoms with E-state index in [4.69, 9.17) is 11.6 Å². The van der Waals surface area contributed by atoms with Gasteiger partial charge in [-0.1, -0.05) is 17.4 Å². The van der Waals surface area contributed by atoms with Gasteiger partial charge in [0, 0.05) is 50.6 Å². The number of amidine groups is 1. The third kappa shape index (κ3) is 7.41. The lowest BCUT2D eigenvalue weighted by Gasteiger charge is -2.19. The maximum absolute atomic E-state index is 13.6. The van der Waals surface area contributed by atoms with E-state index in [1.54, 1.807) is 19.1 Å². The predicted octanol–water partition coefficient (Wildman–Crippen LogP) is 5.07. The highest BCUT2D eigenvalue weighted by Crippen LogP contribution is 2.35. The molecular formula is C27H29F3N8O2S. The number of hydrazine groups is 1. The molecule has 41 heavy (non-hydrogen) atoms. The van der Waals surface area contributed by atoms with Gasteiger partial charge in [-0.15, -0.1) is 0 Å². The number of hydrogen-bond acceptors (Lipinski definition) is 8. The number of nitrogens with zero attached hydrogens (tertiary/aromatic N) is 4. The lowest BCUT2D eigenvalue weighted by atomic mass is 10.1. The molecular weight excluding hydrogens is 557 g/mol. The quantitative estimate of drug-likeness (QED) is 0.224. The number of alkyl halides is 3.